The number of anilines is 2. The fraction of sp³-hybridized carbons (Fsp3) is 0.636. The number of rotatable bonds is 4. The highest BCUT2D eigenvalue weighted by Gasteiger charge is 2.26. The van der Waals surface area contributed by atoms with E-state index in [1.54, 1.807) is 17.2 Å². The van der Waals surface area contributed by atoms with E-state index < -0.39 is 6.30 Å². The lowest BCUT2D eigenvalue weighted by Crippen LogP contribution is -2.39. The zero-order valence-corrected chi connectivity index (χ0v) is 10.6. The molecule has 19 heavy (non-hydrogen) atoms. The maximum Gasteiger partial charge on any atom is 0.227 e. The Morgan fingerprint density at radius 1 is 1.53 bits per heavy atom. The second-order valence-electron chi connectivity index (χ2n) is 4.21. The topological polar surface area (TPSA) is 87.7 Å². The lowest BCUT2D eigenvalue weighted by atomic mass is 10.4. The van der Waals surface area contributed by atoms with E-state index in [0.717, 1.165) is 0 Å². The molecule has 1 aromatic rings. The maximum atomic E-state index is 14.1. The van der Waals surface area contributed by atoms with Gasteiger partial charge in [0.15, 0.2) is 6.30 Å². The van der Waals surface area contributed by atoms with Crippen LogP contribution in [0.3, 0.4) is 0 Å². The Balaban J connectivity index is 2.01. The normalized spacial score (nSPS) is 21.4. The minimum atomic E-state index is -1.29. The van der Waals surface area contributed by atoms with Crippen molar-refractivity contribution in [2.24, 2.45) is 0 Å². The van der Waals surface area contributed by atoms with E-state index in [1.807, 2.05) is 0 Å². The van der Waals surface area contributed by atoms with Crippen molar-refractivity contribution in [3.8, 4) is 0 Å². The molecule has 0 aliphatic carbocycles. The summed E-state index contributed by atoms with van der Waals surface area (Å²) in [5.41, 5.74) is 5.60. The molecule has 7 nitrogen and oxygen atoms in total. The number of hydrogen-bond acceptors (Lipinski definition) is 7. The molecule has 1 aliphatic rings. The number of nitrogens with two attached hydrogens (primary N) is 1. The largest absolute Gasteiger partial charge is 0.394 e. The molecule has 1 aliphatic heterocycles. The number of nitrogen functional groups attached to an aromatic ring is 1. The van der Waals surface area contributed by atoms with E-state index in [4.69, 9.17) is 15.7 Å². The van der Waals surface area contributed by atoms with Gasteiger partial charge < -0.3 is 15.7 Å². The van der Waals surface area contributed by atoms with E-state index in [9.17, 15) is 4.39 Å². The van der Waals surface area contributed by atoms with Gasteiger partial charge in [-0.1, -0.05) is 0 Å². The molecular formula is C11H18FN5O2. The van der Waals surface area contributed by atoms with Crippen molar-refractivity contribution in [1.29, 1.82) is 0 Å². The van der Waals surface area contributed by atoms with Crippen LogP contribution in [0.25, 0.3) is 0 Å². The van der Waals surface area contributed by atoms with E-state index in [0.29, 0.717) is 31.3 Å². The molecule has 1 fully saturated rings. The number of hydrogen-bond donors (Lipinski definition) is 2. The van der Waals surface area contributed by atoms with Crippen LogP contribution in [0.1, 0.15) is 6.42 Å². The van der Waals surface area contributed by atoms with Crippen LogP contribution in [-0.2, 0) is 4.84 Å². The first-order valence-corrected chi connectivity index (χ1v) is 6.18. The third-order valence-corrected chi connectivity index (χ3v) is 2.79. The molecule has 8 heteroatoms. The molecule has 2 rings (SSSR count). The lowest BCUT2D eigenvalue weighted by molar-refractivity contribution is -0.215. The van der Waals surface area contributed by atoms with E-state index in [-0.39, 0.29) is 19.8 Å². The fourth-order valence-corrected chi connectivity index (χ4v) is 1.92. The molecule has 0 bridgehead atoms. The molecule has 1 unspecified atom stereocenters. The molecule has 106 valence electrons. The summed E-state index contributed by atoms with van der Waals surface area (Å²) < 4.78 is 14.1. The molecule has 3 N–H and O–H groups in total. The highest BCUT2D eigenvalue weighted by Crippen LogP contribution is 2.16. The number of halogens is 1. The Labute approximate surface area is 110 Å². The van der Waals surface area contributed by atoms with Gasteiger partial charge in [-0.15, -0.1) is 0 Å². The van der Waals surface area contributed by atoms with E-state index >= 15 is 0 Å². The summed E-state index contributed by atoms with van der Waals surface area (Å²) in [4.78, 5) is 15.1. The molecule has 1 atom stereocenters. The van der Waals surface area contributed by atoms with Crippen LogP contribution in [-0.4, -0.2) is 59.3 Å². The molecule has 1 aromatic heterocycles. The van der Waals surface area contributed by atoms with Crippen molar-refractivity contribution in [3.05, 3.63) is 12.3 Å². The molecule has 0 saturated carbocycles. The van der Waals surface area contributed by atoms with Gasteiger partial charge in [0.05, 0.1) is 19.8 Å². The first-order chi connectivity index (χ1) is 9.20. The van der Waals surface area contributed by atoms with Gasteiger partial charge in [-0.25, -0.2) is 9.37 Å². The second-order valence-corrected chi connectivity index (χ2v) is 4.21. The summed E-state index contributed by atoms with van der Waals surface area (Å²) in [5.74, 6) is 0.782. The van der Waals surface area contributed by atoms with Crippen LogP contribution in [0, 0.1) is 0 Å². The highest BCUT2D eigenvalue weighted by molar-refractivity contribution is 5.37. The first-order valence-electron chi connectivity index (χ1n) is 6.18. The number of hydroxylamine groups is 2. The number of alkyl halides is 1. The number of aliphatic hydroxyl groups is 1. The molecule has 0 radical (unpaired) electrons. The molecule has 2 heterocycles. The third-order valence-electron chi connectivity index (χ3n) is 2.79. The minimum absolute atomic E-state index is 0.0925. The van der Waals surface area contributed by atoms with Crippen LogP contribution in [0.4, 0.5) is 16.2 Å². The predicted molar refractivity (Wildman–Crippen MR) is 67.9 cm³/mol. The number of aliphatic hydroxyl groups excluding tert-OH is 1. The van der Waals surface area contributed by atoms with E-state index in [2.05, 4.69) is 9.97 Å². The van der Waals surface area contributed by atoms with Crippen molar-refractivity contribution in [1.82, 2.24) is 15.0 Å². The Bertz CT molecular complexity index is 408. The zero-order chi connectivity index (χ0) is 13.7. The van der Waals surface area contributed by atoms with Crippen LogP contribution < -0.4 is 10.6 Å². The predicted octanol–water partition coefficient (Wildman–Crippen LogP) is -0.210. The van der Waals surface area contributed by atoms with Gasteiger partial charge in [0.1, 0.15) is 5.82 Å². The van der Waals surface area contributed by atoms with E-state index in [1.165, 1.54) is 5.06 Å². The first kappa shape index (κ1) is 13.9. The van der Waals surface area contributed by atoms with Gasteiger partial charge in [-0.2, -0.15) is 10.0 Å². The van der Waals surface area contributed by atoms with Crippen LogP contribution in [0.15, 0.2) is 12.3 Å². The zero-order valence-electron chi connectivity index (χ0n) is 10.6. The molecule has 0 aromatic carbocycles. The monoisotopic (exact) mass is 271 g/mol. The standard InChI is InChI=1S/C11H18FN5O2/c12-9-8-16(11-14-3-2-10(13)15-11)4-1-5-17(9)19-7-6-18/h2-3,9,18H,1,4-8H2,(H2,13,14,15). The fourth-order valence-electron chi connectivity index (χ4n) is 1.92. The van der Waals surface area contributed by atoms with Crippen LogP contribution in [0.2, 0.25) is 0 Å². The molecule has 0 spiro atoms. The summed E-state index contributed by atoms with van der Waals surface area (Å²) in [7, 11) is 0. The Hall–Kier alpha value is -1.51. The van der Waals surface area contributed by atoms with Crippen molar-refractivity contribution < 1.29 is 14.3 Å². The SMILES string of the molecule is Nc1ccnc(N2CCCN(OCCO)C(F)C2)n1. The van der Waals surface area contributed by atoms with Crippen molar-refractivity contribution in [3.63, 3.8) is 0 Å². The molecule has 0 amide bonds. The average Bonchev–Trinajstić information content (AvgIpc) is 2.58. The molecule has 1 saturated heterocycles. The van der Waals surface area contributed by atoms with Gasteiger partial charge in [-0.05, 0) is 12.5 Å². The summed E-state index contributed by atoms with van der Waals surface area (Å²) in [5, 5.41) is 9.95. The molecular weight excluding hydrogens is 253 g/mol. The van der Waals surface area contributed by atoms with Crippen molar-refractivity contribution in [2.45, 2.75) is 12.7 Å². The van der Waals surface area contributed by atoms with Crippen molar-refractivity contribution in [2.75, 3.05) is 43.5 Å². The number of aromatic nitrogens is 2. The third kappa shape index (κ3) is 3.72. The van der Waals surface area contributed by atoms with Gasteiger partial charge in [0.25, 0.3) is 0 Å². The summed E-state index contributed by atoms with van der Waals surface area (Å²) in [6.07, 6.45) is 0.971. The Morgan fingerprint density at radius 2 is 2.37 bits per heavy atom. The van der Waals surface area contributed by atoms with Gasteiger partial charge in [-0.3, -0.25) is 4.84 Å². The Kier molecular flexibility index (Phi) is 4.83. The van der Waals surface area contributed by atoms with Crippen molar-refractivity contribution >= 4 is 11.8 Å². The average molecular weight is 271 g/mol. The minimum Gasteiger partial charge on any atom is -0.394 e. The number of nitrogens with zero attached hydrogens (tertiary/aromatic N) is 4. The van der Waals surface area contributed by atoms with Gasteiger partial charge >= 0.3 is 0 Å². The maximum absolute atomic E-state index is 14.1. The lowest BCUT2D eigenvalue weighted by Gasteiger charge is -2.25. The van der Waals surface area contributed by atoms with Crippen LogP contribution in [0.5, 0.6) is 0 Å². The van der Waals surface area contributed by atoms with Gasteiger partial charge in [0, 0.05) is 19.3 Å². The quantitative estimate of drug-likeness (QED) is 0.733. The second kappa shape index (κ2) is 6.60. The summed E-state index contributed by atoms with van der Waals surface area (Å²) in [6, 6.07) is 1.59. The van der Waals surface area contributed by atoms with Crippen LogP contribution >= 0.6 is 0 Å². The summed E-state index contributed by atoms with van der Waals surface area (Å²) in [6.45, 7) is 1.15. The van der Waals surface area contributed by atoms with Gasteiger partial charge in [0.2, 0.25) is 5.95 Å². The smallest absolute Gasteiger partial charge is 0.227 e. The Morgan fingerprint density at radius 3 is 3.11 bits per heavy atom. The highest BCUT2D eigenvalue weighted by atomic mass is 19.1. The summed E-state index contributed by atoms with van der Waals surface area (Å²) >= 11 is 0.